The minimum Gasteiger partial charge on any atom is -0.357 e. The summed E-state index contributed by atoms with van der Waals surface area (Å²) in [6.45, 7) is 5.19. The van der Waals surface area contributed by atoms with E-state index < -0.39 is 0 Å². The molecule has 1 saturated heterocycles. The van der Waals surface area contributed by atoms with E-state index in [1.54, 1.807) is 0 Å². The highest BCUT2D eigenvalue weighted by atomic mass is 35.5. The quantitative estimate of drug-likeness (QED) is 0.579. The van der Waals surface area contributed by atoms with E-state index in [-0.39, 0.29) is 12.0 Å². The normalized spacial score (nSPS) is 20.9. The lowest BCUT2D eigenvalue weighted by Gasteiger charge is -2.21. The Kier molecular flexibility index (Phi) is 7.39. The van der Waals surface area contributed by atoms with Crippen LogP contribution in [0.5, 0.6) is 0 Å². The molecule has 1 saturated carbocycles. The molecule has 27 heavy (non-hydrogen) atoms. The first kappa shape index (κ1) is 20.0. The molecule has 1 aliphatic carbocycles. The number of carbonyl (C=O) groups excluding carboxylic acids is 1. The van der Waals surface area contributed by atoms with Crippen molar-refractivity contribution in [2.24, 2.45) is 10.9 Å². The first-order valence-corrected chi connectivity index (χ1v) is 10.6. The van der Waals surface area contributed by atoms with Gasteiger partial charge in [0.15, 0.2) is 5.96 Å². The van der Waals surface area contributed by atoms with Crippen LogP contribution in [0.2, 0.25) is 5.02 Å². The number of aliphatic imine (C=N–C) groups is 1. The van der Waals surface area contributed by atoms with Gasteiger partial charge in [-0.15, -0.1) is 0 Å². The van der Waals surface area contributed by atoms with Crippen LogP contribution in [0.25, 0.3) is 0 Å². The number of carbonyl (C=O) groups is 1. The number of likely N-dealkylation sites (tertiary alicyclic amines) is 1. The van der Waals surface area contributed by atoms with Crippen LogP contribution < -0.4 is 10.6 Å². The SMILES string of the molecule is CCNC(=NCCc1ccccc1Cl)NC1CCN(C(=O)C2CCCC2)C1. The van der Waals surface area contributed by atoms with Gasteiger partial charge in [0.05, 0.1) is 0 Å². The molecule has 1 atom stereocenters. The summed E-state index contributed by atoms with van der Waals surface area (Å²) in [4.78, 5) is 19.3. The third-order valence-corrected chi connectivity index (χ3v) is 5.87. The number of nitrogens with one attached hydrogen (secondary N) is 2. The maximum Gasteiger partial charge on any atom is 0.225 e. The maximum atomic E-state index is 12.6. The van der Waals surface area contributed by atoms with Crippen molar-refractivity contribution in [3.8, 4) is 0 Å². The van der Waals surface area contributed by atoms with Crippen molar-refractivity contribution in [3.63, 3.8) is 0 Å². The van der Waals surface area contributed by atoms with E-state index in [1.807, 2.05) is 29.2 Å². The molecule has 2 fully saturated rings. The van der Waals surface area contributed by atoms with Gasteiger partial charge in [0.25, 0.3) is 0 Å². The zero-order valence-corrected chi connectivity index (χ0v) is 17.0. The Morgan fingerprint density at radius 3 is 2.78 bits per heavy atom. The minimum atomic E-state index is 0.265. The molecule has 6 heteroatoms. The van der Waals surface area contributed by atoms with Crippen LogP contribution in [-0.2, 0) is 11.2 Å². The van der Waals surface area contributed by atoms with E-state index in [0.29, 0.717) is 12.5 Å². The van der Waals surface area contributed by atoms with E-state index in [1.165, 1.54) is 12.8 Å². The second kappa shape index (κ2) is 9.98. The van der Waals surface area contributed by atoms with Gasteiger partial charge < -0.3 is 15.5 Å². The van der Waals surface area contributed by atoms with Crippen molar-refractivity contribution in [1.82, 2.24) is 15.5 Å². The topological polar surface area (TPSA) is 56.7 Å². The van der Waals surface area contributed by atoms with Crippen LogP contribution in [0, 0.1) is 5.92 Å². The lowest BCUT2D eigenvalue weighted by molar-refractivity contribution is -0.134. The summed E-state index contributed by atoms with van der Waals surface area (Å²) in [7, 11) is 0. The summed E-state index contributed by atoms with van der Waals surface area (Å²) in [5.74, 6) is 1.45. The van der Waals surface area contributed by atoms with Gasteiger partial charge in [0, 0.05) is 43.2 Å². The predicted octanol–water partition coefficient (Wildman–Crippen LogP) is 3.23. The minimum absolute atomic E-state index is 0.265. The lowest BCUT2D eigenvalue weighted by atomic mass is 10.1. The molecule has 0 spiro atoms. The number of guanidine groups is 1. The summed E-state index contributed by atoms with van der Waals surface area (Å²) in [6, 6.07) is 8.18. The van der Waals surface area contributed by atoms with Crippen molar-refractivity contribution >= 4 is 23.5 Å². The molecule has 3 rings (SSSR count). The van der Waals surface area contributed by atoms with E-state index >= 15 is 0 Å². The van der Waals surface area contributed by atoms with Gasteiger partial charge >= 0.3 is 0 Å². The molecule has 148 valence electrons. The van der Waals surface area contributed by atoms with Crippen LogP contribution in [-0.4, -0.2) is 49.0 Å². The summed E-state index contributed by atoms with van der Waals surface area (Å²) in [5, 5.41) is 7.61. The summed E-state index contributed by atoms with van der Waals surface area (Å²) >= 11 is 6.22. The van der Waals surface area contributed by atoms with Crippen LogP contribution in [0.4, 0.5) is 0 Å². The molecule has 1 aromatic carbocycles. The number of hydrogen-bond donors (Lipinski definition) is 2. The fourth-order valence-corrected chi connectivity index (χ4v) is 4.24. The molecule has 1 aliphatic heterocycles. The Bertz CT molecular complexity index is 657. The maximum absolute atomic E-state index is 12.6. The third-order valence-electron chi connectivity index (χ3n) is 5.50. The first-order chi connectivity index (χ1) is 13.2. The number of halogens is 1. The Balaban J connectivity index is 1.50. The third kappa shape index (κ3) is 5.61. The van der Waals surface area contributed by atoms with E-state index in [2.05, 4.69) is 17.6 Å². The second-order valence-electron chi connectivity index (χ2n) is 7.50. The number of rotatable bonds is 6. The zero-order chi connectivity index (χ0) is 19.1. The predicted molar refractivity (Wildman–Crippen MR) is 111 cm³/mol. The first-order valence-electron chi connectivity index (χ1n) is 10.2. The molecule has 1 heterocycles. The molecule has 0 bridgehead atoms. The fourth-order valence-electron chi connectivity index (χ4n) is 4.01. The van der Waals surface area contributed by atoms with E-state index in [4.69, 9.17) is 16.6 Å². The molecule has 0 radical (unpaired) electrons. The largest absolute Gasteiger partial charge is 0.357 e. The van der Waals surface area contributed by atoms with Crippen molar-refractivity contribution in [1.29, 1.82) is 0 Å². The number of benzene rings is 1. The summed E-state index contributed by atoms with van der Waals surface area (Å²) in [5.41, 5.74) is 1.12. The van der Waals surface area contributed by atoms with Crippen molar-refractivity contribution in [2.45, 2.75) is 51.5 Å². The van der Waals surface area contributed by atoms with Crippen LogP contribution in [0.15, 0.2) is 29.3 Å². The molecule has 2 aliphatic rings. The highest BCUT2D eigenvalue weighted by Crippen LogP contribution is 2.27. The molecule has 1 unspecified atom stereocenters. The zero-order valence-electron chi connectivity index (χ0n) is 16.2. The van der Waals surface area contributed by atoms with Crippen molar-refractivity contribution < 1.29 is 4.79 Å². The average Bonchev–Trinajstić information content (AvgIpc) is 3.35. The number of hydrogen-bond acceptors (Lipinski definition) is 2. The van der Waals surface area contributed by atoms with E-state index in [0.717, 1.165) is 61.9 Å². The molecular weight excluding hydrogens is 360 g/mol. The van der Waals surface area contributed by atoms with E-state index in [9.17, 15) is 4.79 Å². The molecule has 5 nitrogen and oxygen atoms in total. The summed E-state index contributed by atoms with van der Waals surface area (Å²) < 4.78 is 0. The van der Waals surface area contributed by atoms with Gasteiger partial charge in [-0.1, -0.05) is 42.6 Å². The molecule has 2 N–H and O–H groups in total. The smallest absolute Gasteiger partial charge is 0.225 e. The molecular formula is C21H31ClN4O. The number of amides is 1. The van der Waals surface area contributed by atoms with Gasteiger partial charge in [0.1, 0.15) is 0 Å². The molecule has 1 aromatic rings. The highest BCUT2D eigenvalue weighted by molar-refractivity contribution is 6.31. The van der Waals surface area contributed by atoms with Gasteiger partial charge in [-0.05, 0) is 44.2 Å². The Labute approximate surface area is 167 Å². The van der Waals surface area contributed by atoms with Gasteiger partial charge in [-0.25, -0.2) is 0 Å². The fraction of sp³-hybridized carbons (Fsp3) is 0.619. The second-order valence-corrected chi connectivity index (χ2v) is 7.90. The molecule has 1 amide bonds. The Hall–Kier alpha value is -1.75. The highest BCUT2D eigenvalue weighted by Gasteiger charge is 2.32. The molecule has 0 aromatic heterocycles. The summed E-state index contributed by atoms with van der Waals surface area (Å²) in [6.07, 6.45) is 6.34. The van der Waals surface area contributed by atoms with Crippen molar-refractivity contribution in [3.05, 3.63) is 34.9 Å². The average molecular weight is 391 g/mol. The van der Waals surface area contributed by atoms with Gasteiger partial charge in [-0.3, -0.25) is 9.79 Å². The lowest BCUT2D eigenvalue weighted by Crippen LogP contribution is -2.45. The monoisotopic (exact) mass is 390 g/mol. The Morgan fingerprint density at radius 1 is 1.26 bits per heavy atom. The Morgan fingerprint density at radius 2 is 2.04 bits per heavy atom. The van der Waals surface area contributed by atoms with Gasteiger partial charge in [-0.2, -0.15) is 0 Å². The number of nitrogens with zero attached hydrogens (tertiary/aromatic N) is 2. The van der Waals surface area contributed by atoms with Crippen LogP contribution in [0.1, 0.15) is 44.6 Å². The van der Waals surface area contributed by atoms with Gasteiger partial charge in [0.2, 0.25) is 5.91 Å². The van der Waals surface area contributed by atoms with Crippen LogP contribution >= 0.6 is 11.6 Å². The standard InChI is InChI=1S/C21H31ClN4O/c1-2-23-21(24-13-11-16-7-5-6-10-19(16)22)25-18-12-14-26(15-18)20(27)17-8-3-4-9-17/h5-7,10,17-18H,2-4,8-9,11-15H2,1H3,(H2,23,24,25). The van der Waals surface area contributed by atoms with Crippen LogP contribution in [0.3, 0.4) is 0 Å². The van der Waals surface area contributed by atoms with Crippen molar-refractivity contribution in [2.75, 3.05) is 26.2 Å².